The lowest BCUT2D eigenvalue weighted by atomic mass is 9.93. The molecule has 0 heterocycles. The minimum absolute atomic E-state index is 1.31. The van der Waals surface area contributed by atoms with Gasteiger partial charge in [0.05, 0.1) is 0 Å². The molecule has 1 aliphatic carbocycles. The van der Waals surface area contributed by atoms with Crippen molar-refractivity contribution in [2.24, 2.45) is 0 Å². The molecule has 1 aliphatic rings. The molecule has 0 aromatic heterocycles. The first-order valence-corrected chi connectivity index (χ1v) is 41.2. The zero-order chi connectivity index (χ0) is 80.6. The van der Waals surface area contributed by atoms with Crippen molar-refractivity contribution >= 4 is 151 Å². The Bertz CT molecular complexity index is 7510. The maximum Gasteiger partial charge on any atom is -0.00237 e. The third-order valence-electron chi connectivity index (χ3n) is 23.4. The van der Waals surface area contributed by atoms with Crippen LogP contribution >= 0.6 is 0 Å². The molecule has 0 amide bonds. The molecule has 23 aromatic rings. The summed E-state index contributed by atoms with van der Waals surface area (Å²) in [5, 5.41) is 37.6. The average Bonchev–Trinajstić information content (AvgIpc) is 1.42. The summed E-state index contributed by atoms with van der Waals surface area (Å²) in [6.07, 6.45) is 0. The summed E-state index contributed by atoms with van der Waals surface area (Å²) in [7, 11) is 0. The van der Waals surface area contributed by atoms with E-state index in [1.165, 1.54) is 218 Å². The Morgan fingerprint density at radius 3 is 0.949 bits per heavy atom. The van der Waals surface area contributed by atoms with Crippen LogP contribution in [0.2, 0.25) is 0 Å². The predicted octanol–water partition coefficient (Wildman–Crippen LogP) is 33.8. The zero-order valence-electron chi connectivity index (χ0n) is 68.4. The Morgan fingerprint density at radius 2 is 0.373 bits per heavy atom. The van der Waals surface area contributed by atoms with Crippen LogP contribution in [-0.2, 0) is 0 Å². The second-order valence-electron chi connectivity index (χ2n) is 31.4. The van der Waals surface area contributed by atoms with E-state index in [0.29, 0.717) is 0 Å². The van der Waals surface area contributed by atoms with Gasteiger partial charge in [0.15, 0.2) is 0 Å². The van der Waals surface area contributed by atoms with Crippen LogP contribution in [0.1, 0.15) is 44.5 Å². The van der Waals surface area contributed by atoms with Crippen molar-refractivity contribution in [2.45, 2.75) is 55.4 Å². The highest BCUT2D eigenvalue weighted by atomic mass is 14.2. The molecule has 23 aromatic carbocycles. The van der Waals surface area contributed by atoms with Gasteiger partial charge < -0.3 is 0 Å². The maximum absolute atomic E-state index is 2.30. The highest BCUT2D eigenvalue weighted by molar-refractivity contribution is 6.25. The molecular formula is C118H94. The van der Waals surface area contributed by atoms with Gasteiger partial charge in [-0.3, -0.25) is 0 Å². The van der Waals surface area contributed by atoms with Crippen LogP contribution in [0.25, 0.3) is 173 Å². The minimum Gasteiger partial charge on any atom is -0.0616 e. The Morgan fingerprint density at radius 1 is 0.110 bits per heavy atom. The third-order valence-corrected chi connectivity index (χ3v) is 23.4. The van der Waals surface area contributed by atoms with Crippen molar-refractivity contribution in [3.63, 3.8) is 0 Å². The molecule has 0 N–H and O–H groups in total. The van der Waals surface area contributed by atoms with Gasteiger partial charge in [-0.25, -0.2) is 0 Å². The van der Waals surface area contributed by atoms with Crippen molar-refractivity contribution < 1.29 is 0 Å². The number of benzene rings is 23. The molecule has 0 spiro atoms. The normalized spacial score (nSPS) is 11.1. The van der Waals surface area contributed by atoms with Crippen LogP contribution in [-0.4, -0.2) is 0 Å². The van der Waals surface area contributed by atoms with Crippen LogP contribution in [0, 0.1) is 55.4 Å². The first-order valence-electron chi connectivity index (χ1n) is 41.2. The fraction of sp³-hybridized carbons (Fsp3) is 0.0678. The maximum atomic E-state index is 2.30. The van der Waals surface area contributed by atoms with E-state index < -0.39 is 0 Å². The molecule has 0 fully saturated rings. The number of fused-ring (bicyclic) bond motifs is 23. The molecule has 0 saturated heterocycles. The average molecular weight is 1510 g/mol. The molecule has 118 heavy (non-hydrogen) atoms. The molecule has 0 unspecified atom stereocenters. The van der Waals surface area contributed by atoms with Crippen molar-refractivity contribution in [2.75, 3.05) is 0 Å². The molecule has 0 aliphatic heterocycles. The summed E-state index contributed by atoms with van der Waals surface area (Å²) < 4.78 is 0. The predicted molar refractivity (Wildman–Crippen MR) is 519 cm³/mol. The summed E-state index contributed by atoms with van der Waals surface area (Å²) >= 11 is 0. The lowest BCUT2D eigenvalue weighted by molar-refractivity contribution is 1.51. The Kier molecular flexibility index (Phi) is 22.3. The number of hydrogen-bond acceptors (Lipinski definition) is 0. The van der Waals surface area contributed by atoms with Crippen molar-refractivity contribution in [1.29, 1.82) is 0 Å². The molecule has 566 valence electrons. The first-order chi connectivity index (χ1) is 57.8. The highest BCUT2D eigenvalue weighted by Crippen LogP contribution is 2.48. The zero-order valence-corrected chi connectivity index (χ0v) is 68.4. The van der Waals surface area contributed by atoms with Crippen molar-refractivity contribution in [3.05, 3.63) is 469 Å². The van der Waals surface area contributed by atoms with Gasteiger partial charge in [-0.05, 0) is 251 Å². The molecule has 0 nitrogen and oxygen atoms in total. The van der Waals surface area contributed by atoms with Crippen LogP contribution in [0.5, 0.6) is 0 Å². The second kappa shape index (κ2) is 34.4. The van der Waals surface area contributed by atoms with E-state index in [4.69, 9.17) is 0 Å². The monoisotopic (exact) mass is 1510 g/mol. The third kappa shape index (κ3) is 16.0. The second-order valence-corrected chi connectivity index (χ2v) is 31.4. The smallest absolute Gasteiger partial charge is 0.00237 e. The lowest BCUT2D eigenvalue weighted by Crippen LogP contribution is -1.83. The topological polar surface area (TPSA) is 0 Å². The highest BCUT2D eigenvalue weighted by Gasteiger charge is 2.21. The standard InChI is InChI=1S/C19H14.C17H12.4C15H12.2C11H10/c1-13-10-11-18-16-8-3-2-6-14(16)15-7-4-5-9-17(15)19(18)12-13;1-11-9-10-16-14-6-3-2-5-13(14)15-8-4-7-12(11)17(15)16;1-11-10-12-6-2-3-8-14(12)15-9-5-4-7-13(11)15;1-11-5-4-8-15-13(11)10-9-12-6-2-3-7-14(12)15;1-11-6-9-15-13(10-11)8-7-12-4-2-3-5-14(12)15;1-11-6-7-13-9-8-12-4-2-3-5-14(12)15(13)10-11;1-9-5-4-7-10-6-2-3-8-11(9)10;1-9-6-7-10-4-2-3-5-11(10)8-9/h2-12H,1H3;2-10H,1H3;4*2-10H,1H3;2*2-8H,1H3. The van der Waals surface area contributed by atoms with Crippen molar-refractivity contribution in [1.82, 2.24) is 0 Å². The van der Waals surface area contributed by atoms with E-state index in [1.54, 1.807) is 0 Å². The molecular weight excluding hydrogens is 1420 g/mol. The Balaban J connectivity index is 0.0000000971. The van der Waals surface area contributed by atoms with Gasteiger partial charge in [0.2, 0.25) is 0 Å². The summed E-state index contributed by atoms with van der Waals surface area (Å²) in [4.78, 5) is 0. The fourth-order valence-electron chi connectivity index (χ4n) is 17.4. The van der Waals surface area contributed by atoms with Crippen molar-refractivity contribution in [3.8, 4) is 22.3 Å². The lowest BCUT2D eigenvalue weighted by Gasteiger charge is -2.10. The summed E-state index contributed by atoms with van der Waals surface area (Å²) in [6.45, 7) is 17.2. The number of rotatable bonds is 0. The molecule has 0 heteroatoms. The minimum atomic E-state index is 1.31. The van der Waals surface area contributed by atoms with Crippen LogP contribution in [0.3, 0.4) is 0 Å². The van der Waals surface area contributed by atoms with Gasteiger partial charge in [0.25, 0.3) is 0 Å². The molecule has 0 bridgehead atoms. The number of hydrogen-bond donors (Lipinski definition) is 0. The molecule has 0 radical (unpaired) electrons. The fourth-order valence-corrected chi connectivity index (χ4v) is 17.4. The van der Waals surface area contributed by atoms with Crippen LogP contribution < -0.4 is 0 Å². The van der Waals surface area contributed by atoms with Crippen LogP contribution in [0.4, 0.5) is 0 Å². The van der Waals surface area contributed by atoms with E-state index in [9.17, 15) is 0 Å². The van der Waals surface area contributed by atoms with E-state index in [-0.39, 0.29) is 0 Å². The Hall–Kier alpha value is -14.3. The summed E-state index contributed by atoms with van der Waals surface area (Å²) in [5.74, 6) is 0. The summed E-state index contributed by atoms with van der Waals surface area (Å²) in [5.41, 5.74) is 16.2. The van der Waals surface area contributed by atoms with Gasteiger partial charge in [0, 0.05) is 0 Å². The Labute approximate surface area is 692 Å². The van der Waals surface area contributed by atoms with E-state index in [2.05, 4.69) is 480 Å². The van der Waals surface area contributed by atoms with E-state index in [1.807, 2.05) is 0 Å². The van der Waals surface area contributed by atoms with Gasteiger partial charge in [-0.15, -0.1) is 0 Å². The van der Waals surface area contributed by atoms with Gasteiger partial charge >= 0.3 is 0 Å². The van der Waals surface area contributed by atoms with Gasteiger partial charge in [0.1, 0.15) is 0 Å². The summed E-state index contributed by atoms with van der Waals surface area (Å²) in [6, 6.07) is 152. The quantitative estimate of drug-likeness (QED) is 0.133. The molecule has 0 atom stereocenters. The SMILES string of the molecule is Cc1cc2ccccc2c2ccccc12.Cc1ccc2c(ccc3ccccc32)c1.Cc1ccc2c3c(cccc13)-c1ccccc1-2.Cc1ccc2c3ccccc3c3ccccc3c2c1.Cc1ccc2ccc3ccccc3c2c1.Cc1ccc2ccccc2c1.Cc1cccc2c1ccc1ccccc12.Cc1cccc2ccccc12. The van der Waals surface area contributed by atoms with Gasteiger partial charge in [-0.1, -0.05) is 447 Å². The first kappa shape index (κ1) is 76.3. The van der Waals surface area contributed by atoms with E-state index >= 15 is 0 Å². The number of aryl methyl sites for hydroxylation is 8. The van der Waals surface area contributed by atoms with Gasteiger partial charge in [-0.2, -0.15) is 0 Å². The van der Waals surface area contributed by atoms with E-state index in [0.717, 1.165) is 0 Å². The molecule has 0 saturated carbocycles. The molecule has 24 rings (SSSR count). The van der Waals surface area contributed by atoms with Crippen LogP contribution in [0.15, 0.2) is 425 Å². The largest absolute Gasteiger partial charge is 0.0616 e.